The molecule has 3 heteroatoms. The lowest BCUT2D eigenvalue weighted by molar-refractivity contribution is -0.0494. The summed E-state index contributed by atoms with van der Waals surface area (Å²) in [6.07, 6.45) is 9.60. The molecule has 5 rings (SSSR count). The average molecular weight is 273 g/mol. The maximum absolute atomic E-state index is 4.28. The van der Waals surface area contributed by atoms with Crippen molar-refractivity contribution in [2.24, 2.45) is 29.6 Å². The van der Waals surface area contributed by atoms with E-state index in [1.54, 1.807) is 6.42 Å². The van der Waals surface area contributed by atoms with E-state index in [-0.39, 0.29) is 0 Å². The highest BCUT2D eigenvalue weighted by atomic mass is 15.0. The minimum absolute atomic E-state index is 0.647. The highest BCUT2D eigenvalue weighted by Gasteiger charge is 2.49. The molecule has 4 aliphatic carbocycles. The Morgan fingerprint density at radius 3 is 2.40 bits per heavy atom. The van der Waals surface area contributed by atoms with E-state index < -0.39 is 0 Å². The van der Waals surface area contributed by atoms with E-state index in [1.165, 1.54) is 31.4 Å². The maximum Gasteiger partial charge on any atom is 0.103 e. The third-order valence-electron chi connectivity index (χ3n) is 6.25. The van der Waals surface area contributed by atoms with Gasteiger partial charge in [-0.1, -0.05) is 0 Å². The van der Waals surface area contributed by atoms with Gasteiger partial charge in [-0.15, -0.1) is 0 Å². The first kappa shape index (κ1) is 12.9. The number of hydrogen-bond acceptors (Lipinski definition) is 2. The van der Waals surface area contributed by atoms with Gasteiger partial charge in [0.2, 0.25) is 0 Å². The molecule has 20 heavy (non-hydrogen) atoms. The summed E-state index contributed by atoms with van der Waals surface area (Å²) in [7, 11) is 0. The van der Waals surface area contributed by atoms with Crippen LogP contribution in [0, 0.1) is 36.5 Å². The Morgan fingerprint density at radius 2 is 1.85 bits per heavy atom. The monoisotopic (exact) mass is 273 g/mol. The van der Waals surface area contributed by atoms with Gasteiger partial charge in [-0.25, -0.2) is 4.98 Å². The Balaban J connectivity index is 1.40. The summed E-state index contributed by atoms with van der Waals surface area (Å²) in [6.45, 7) is 5.37. The zero-order valence-electron chi connectivity index (χ0n) is 12.7. The lowest BCUT2D eigenvalue weighted by Crippen LogP contribution is -2.51. The second-order valence-electron chi connectivity index (χ2n) is 7.67. The standard InChI is InChI=1S/C17H27N3/c1-10(18-8-16-9-19-11(2)20-16)17-14-4-12-3-13(6-14)7-15(17)5-12/h9-10,12-15,17-18H,3-8H2,1-2H3,(H,19,20). The van der Waals surface area contributed by atoms with Crippen molar-refractivity contribution < 1.29 is 0 Å². The van der Waals surface area contributed by atoms with Crippen molar-refractivity contribution in [3.63, 3.8) is 0 Å². The quantitative estimate of drug-likeness (QED) is 0.884. The number of nitrogens with one attached hydrogen (secondary N) is 2. The SMILES string of the molecule is Cc1ncc(CNC(C)C2C3CC4CC(C3)CC2C4)[nH]1. The molecule has 4 bridgehead atoms. The number of aromatic nitrogens is 2. The molecule has 1 atom stereocenters. The third kappa shape index (κ3) is 2.20. The molecule has 0 saturated heterocycles. The van der Waals surface area contributed by atoms with Crippen LogP contribution >= 0.6 is 0 Å². The summed E-state index contributed by atoms with van der Waals surface area (Å²) < 4.78 is 0. The van der Waals surface area contributed by atoms with Crippen molar-refractivity contribution in [3.05, 3.63) is 17.7 Å². The molecule has 4 fully saturated rings. The zero-order chi connectivity index (χ0) is 13.7. The molecule has 1 aromatic rings. The number of imidazole rings is 1. The number of hydrogen-bond donors (Lipinski definition) is 2. The normalized spacial score (nSPS) is 40.2. The van der Waals surface area contributed by atoms with Crippen molar-refractivity contribution >= 4 is 0 Å². The van der Waals surface area contributed by atoms with E-state index in [0.29, 0.717) is 6.04 Å². The summed E-state index contributed by atoms with van der Waals surface area (Å²) in [6, 6.07) is 0.647. The fourth-order valence-corrected chi connectivity index (χ4v) is 5.75. The Hall–Kier alpha value is -0.830. The highest BCUT2D eigenvalue weighted by molar-refractivity contribution is 5.03. The molecule has 0 spiro atoms. The van der Waals surface area contributed by atoms with Gasteiger partial charge < -0.3 is 10.3 Å². The predicted molar refractivity (Wildman–Crippen MR) is 80.2 cm³/mol. The highest BCUT2D eigenvalue weighted by Crippen LogP contribution is 2.57. The third-order valence-corrected chi connectivity index (χ3v) is 6.25. The lowest BCUT2D eigenvalue weighted by Gasteiger charge is -2.56. The topological polar surface area (TPSA) is 40.7 Å². The van der Waals surface area contributed by atoms with Gasteiger partial charge in [-0.2, -0.15) is 0 Å². The summed E-state index contributed by atoms with van der Waals surface area (Å²) in [5, 5.41) is 3.77. The molecule has 1 heterocycles. The van der Waals surface area contributed by atoms with Crippen molar-refractivity contribution in [1.82, 2.24) is 15.3 Å². The summed E-state index contributed by atoms with van der Waals surface area (Å²) in [5.74, 6) is 6.12. The van der Waals surface area contributed by atoms with E-state index in [1.807, 2.05) is 13.1 Å². The molecule has 4 saturated carbocycles. The summed E-state index contributed by atoms with van der Waals surface area (Å²) >= 11 is 0. The number of aryl methyl sites for hydroxylation is 1. The van der Waals surface area contributed by atoms with E-state index in [0.717, 1.165) is 42.0 Å². The maximum atomic E-state index is 4.28. The van der Waals surface area contributed by atoms with Gasteiger partial charge in [-0.3, -0.25) is 0 Å². The number of H-pyrrole nitrogens is 1. The van der Waals surface area contributed by atoms with Crippen LogP contribution in [0.2, 0.25) is 0 Å². The lowest BCUT2D eigenvalue weighted by atomic mass is 9.50. The van der Waals surface area contributed by atoms with Crippen LogP contribution in [0.5, 0.6) is 0 Å². The van der Waals surface area contributed by atoms with Gasteiger partial charge in [-0.05, 0) is 75.5 Å². The Kier molecular flexibility index (Phi) is 3.13. The van der Waals surface area contributed by atoms with Gasteiger partial charge >= 0.3 is 0 Å². The molecule has 0 radical (unpaired) electrons. The van der Waals surface area contributed by atoms with Crippen LogP contribution in [-0.4, -0.2) is 16.0 Å². The van der Waals surface area contributed by atoms with Crippen molar-refractivity contribution in [2.75, 3.05) is 0 Å². The van der Waals surface area contributed by atoms with Gasteiger partial charge in [0.05, 0.1) is 0 Å². The smallest absolute Gasteiger partial charge is 0.103 e. The minimum atomic E-state index is 0.647. The van der Waals surface area contributed by atoms with Crippen LogP contribution in [0.4, 0.5) is 0 Å². The van der Waals surface area contributed by atoms with Crippen molar-refractivity contribution in [3.8, 4) is 0 Å². The van der Waals surface area contributed by atoms with Crippen molar-refractivity contribution in [2.45, 2.75) is 58.5 Å². The largest absolute Gasteiger partial charge is 0.345 e. The zero-order valence-corrected chi connectivity index (χ0v) is 12.7. The first-order valence-corrected chi connectivity index (χ1v) is 8.43. The molecule has 0 aliphatic heterocycles. The summed E-state index contributed by atoms with van der Waals surface area (Å²) in [4.78, 5) is 7.61. The van der Waals surface area contributed by atoms with Crippen LogP contribution < -0.4 is 5.32 Å². The number of rotatable bonds is 4. The van der Waals surface area contributed by atoms with E-state index in [9.17, 15) is 0 Å². The molecular formula is C17H27N3. The van der Waals surface area contributed by atoms with Crippen LogP contribution in [0.1, 0.15) is 50.5 Å². The molecule has 0 aromatic carbocycles. The second-order valence-corrected chi connectivity index (χ2v) is 7.67. The fraction of sp³-hybridized carbons (Fsp3) is 0.824. The predicted octanol–water partition coefficient (Wildman–Crippen LogP) is 3.27. The van der Waals surface area contributed by atoms with Crippen LogP contribution in [0.3, 0.4) is 0 Å². The molecule has 1 unspecified atom stereocenters. The first-order valence-electron chi connectivity index (χ1n) is 8.43. The van der Waals surface area contributed by atoms with Gasteiger partial charge in [0, 0.05) is 24.5 Å². The number of nitrogens with zero attached hydrogens (tertiary/aromatic N) is 1. The van der Waals surface area contributed by atoms with Gasteiger partial charge in [0.25, 0.3) is 0 Å². The Morgan fingerprint density at radius 1 is 1.20 bits per heavy atom. The molecule has 110 valence electrons. The van der Waals surface area contributed by atoms with Crippen LogP contribution in [-0.2, 0) is 6.54 Å². The van der Waals surface area contributed by atoms with Gasteiger partial charge in [0.15, 0.2) is 0 Å². The number of aromatic amines is 1. The molecule has 3 nitrogen and oxygen atoms in total. The fourth-order valence-electron chi connectivity index (χ4n) is 5.75. The minimum Gasteiger partial charge on any atom is -0.345 e. The van der Waals surface area contributed by atoms with Crippen LogP contribution in [0.15, 0.2) is 6.20 Å². The van der Waals surface area contributed by atoms with Gasteiger partial charge in [0.1, 0.15) is 5.82 Å². The van der Waals surface area contributed by atoms with E-state index >= 15 is 0 Å². The molecule has 0 amide bonds. The molecular weight excluding hydrogens is 246 g/mol. The molecule has 1 aromatic heterocycles. The van der Waals surface area contributed by atoms with E-state index in [4.69, 9.17) is 0 Å². The van der Waals surface area contributed by atoms with E-state index in [2.05, 4.69) is 22.2 Å². The Bertz CT molecular complexity index is 450. The molecule has 2 N–H and O–H groups in total. The van der Waals surface area contributed by atoms with Crippen LogP contribution in [0.25, 0.3) is 0 Å². The average Bonchev–Trinajstić information content (AvgIpc) is 2.81. The summed E-state index contributed by atoms with van der Waals surface area (Å²) in [5.41, 5.74) is 1.22. The second kappa shape index (κ2) is 4.87. The van der Waals surface area contributed by atoms with Crippen molar-refractivity contribution in [1.29, 1.82) is 0 Å². The first-order chi connectivity index (χ1) is 9.69. The molecule has 4 aliphatic rings. The Labute approximate surface area is 122 Å².